The Morgan fingerprint density at radius 2 is 2.25 bits per heavy atom. The van der Waals surface area contributed by atoms with E-state index in [9.17, 15) is 0 Å². The summed E-state index contributed by atoms with van der Waals surface area (Å²) in [7, 11) is 1.68. The first kappa shape index (κ1) is 13.1. The molecule has 1 aromatic carbocycles. The molecule has 2 atom stereocenters. The summed E-state index contributed by atoms with van der Waals surface area (Å²) in [6.45, 7) is 2.83. The van der Waals surface area contributed by atoms with E-state index in [-0.39, 0.29) is 12.1 Å². The zero-order valence-electron chi connectivity index (χ0n) is 11.8. The predicted molar refractivity (Wildman–Crippen MR) is 76.1 cm³/mol. The second-order valence-corrected chi connectivity index (χ2v) is 5.00. The van der Waals surface area contributed by atoms with Gasteiger partial charge in [0.1, 0.15) is 17.3 Å². The van der Waals surface area contributed by atoms with Crippen LogP contribution in [0, 0.1) is 0 Å². The summed E-state index contributed by atoms with van der Waals surface area (Å²) in [5.41, 5.74) is 1.15. The van der Waals surface area contributed by atoms with E-state index in [0.29, 0.717) is 0 Å². The normalized spacial score (nSPS) is 19.0. The lowest BCUT2D eigenvalue weighted by molar-refractivity contribution is 0.241. The standard InChI is InChI=1S/C16H19NO3/c1-11(15-4-3-8-19-15)17-14-7-9-20-16-6-5-12(18-2)10-13(14)16/h3-6,8,10-11,14,17H,7,9H2,1-2H3/t11-,14?/m0/s1. The monoisotopic (exact) mass is 273 g/mol. The average molecular weight is 273 g/mol. The Kier molecular flexibility index (Phi) is 3.65. The lowest BCUT2D eigenvalue weighted by Crippen LogP contribution is -2.29. The van der Waals surface area contributed by atoms with Crippen molar-refractivity contribution in [1.29, 1.82) is 0 Å². The first-order valence-electron chi connectivity index (χ1n) is 6.88. The smallest absolute Gasteiger partial charge is 0.124 e. The maximum absolute atomic E-state index is 5.71. The zero-order chi connectivity index (χ0) is 13.9. The Bertz CT molecular complexity index is 565. The zero-order valence-corrected chi connectivity index (χ0v) is 11.8. The molecule has 1 aliphatic heterocycles. The molecule has 4 heteroatoms. The van der Waals surface area contributed by atoms with Gasteiger partial charge in [-0.05, 0) is 37.3 Å². The molecule has 2 heterocycles. The summed E-state index contributed by atoms with van der Waals surface area (Å²) in [5, 5.41) is 3.60. The number of benzene rings is 1. The number of nitrogens with one attached hydrogen (secondary N) is 1. The van der Waals surface area contributed by atoms with Crippen LogP contribution in [0.5, 0.6) is 11.5 Å². The van der Waals surface area contributed by atoms with Crippen molar-refractivity contribution in [1.82, 2.24) is 5.32 Å². The molecule has 1 aromatic heterocycles. The number of hydrogen-bond donors (Lipinski definition) is 1. The number of furan rings is 1. The van der Waals surface area contributed by atoms with Crippen LogP contribution in [-0.4, -0.2) is 13.7 Å². The van der Waals surface area contributed by atoms with Crippen LogP contribution >= 0.6 is 0 Å². The summed E-state index contributed by atoms with van der Waals surface area (Å²) in [6, 6.07) is 10.2. The van der Waals surface area contributed by atoms with Crippen molar-refractivity contribution in [2.45, 2.75) is 25.4 Å². The molecule has 0 saturated carbocycles. The molecule has 4 nitrogen and oxygen atoms in total. The molecule has 3 rings (SSSR count). The van der Waals surface area contributed by atoms with Crippen LogP contribution in [0.25, 0.3) is 0 Å². The minimum Gasteiger partial charge on any atom is -0.497 e. The van der Waals surface area contributed by atoms with Crippen LogP contribution < -0.4 is 14.8 Å². The minimum absolute atomic E-state index is 0.159. The van der Waals surface area contributed by atoms with Crippen LogP contribution in [0.3, 0.4) is 0 Å². The predicted octanol–water partition coefficient (Wildman–Crippen LogP) is 3.46. The van der Waals surface area contributed by atoms with Gasteiger partial charge >= 0.3 is 0 Å². The molecule has 20 heavy (non-hydrogen) atoms. The third-order valence-electron chi connectivity index (χ3n) is 3.68. The minimum atomic E-state index is 0.159. The summed E-state index contributed by atoms with van der Waals surface area (Å²) in [4.78, 5) is 0. The first-order valence-corrected chi connectivity index (χ1v) is 6.88. The molecule has 0 radical (unpaired) electrons. The summed E-state index contributed by atoms with van der Waals surface area (Å²) >= 11 is 0. The molecule has 0 aliphatic carbocycles. The number of fused-ring (bicyclic) bond motifs is 1. The number of hydrogen-bond acceptors (Lipinski definition) is 4. The third-order valence-corrected chi connectivity index (χ3v) is 3.68. The maximum Gasteiger partial charge on any atom is 0.124 e. The molecule has 106 valence electrons. The van der Waals surface area contributed by atoms with Gasteiger partial charge in [-0.15, -0.1) is 0 Å². The van der Waals surface area contributed by atoms with Crippen LogP contribution in [0.1, 0.15) is 36.8 Å². The van der Waals surface area contributed by atoms with Gasteiger partial charge < -0.3 is 19.2 Å². The molecule has 1 N–H and O–H groups in total. The fraction of sp³-hybridized carbons (Fsp3) is 0.375. The highest BCUT2D eigenvalue weighted by molar-refractivity contribution is 5.43. The third kappa shape index (κ3) is 2.51. The highest BCUT2D eigenvalue weighted by Gasteiger charge is 2.24. The Morgan fingerprint density at radius 1 is 1.35 bits per heavy atom. The van der Waals surface area contributed by atoms with Crippen molar-refractivity contribution in [3.63, 3.8) is 0 Å². The van der Waals surface area contributed by atoms with E-state index in [1.54, 1.807) is 13.4 Å². The lowest BCUT2D eigenvalue weighted by Gasteiger charge is -2.29. The average Bonchev–Trinajstić information content (AvgIpc) is 3.01. The molecule has 0 saturated heterocycles. The molecular formula is C16H19NO3. The van der Waals surface area contributed by atoms with Gasteiger partial charge in [-0.25, -0.2) is 0 Å². The topological polar surface area (TPSA) is 43.6 Å². The van der Waals surface area contributed by atoms with Gasteiger partial charge in [0.05, 0.1) is 26.0 Å². The Hall–Kier alpha value is -1.94. The SMILES string of the molecule is COc1ccc2c(c1)C(N[C@@H](C)c1ccco1)CCO2. The van der Waals surface area contributed by atoms with Gasteiger partial charge in [-0.3, -0.25) is 0 Å². The second kappa shape index (κ2) is 5.59. The van der Waals surface area contributed by atoms with E-state index in [1.165, 1.54) is 0 Å². The van der Waals surface area contributed by atoms with Gasteiger partial charge in [0.2, 0.25) is 0 Å². The summed E-state index contributed by atoms with van der Waals surface area (Å²) in [6.07, 6.45) is 2.64. The first-order chi connectivity index (χ1) is 9.78. The Balaban J connectivity index is 1.82. The maximum atomic E-state index is 5.71. The molecule has 0 spiro atoms. The molecule has 0 amide bonds. The Labute approximate surface area is 118 Å². The van der Waals surface area contributed by atoms with Crippen molar-refractivity contribution >= 4 is 0 Å². The van der Waals surface area contributed by atoms with Crippen LogP contribution in [0.15, 0.2) is 41.0 Å². The lowest BCUT2D eigenvalue weighted by atomic mass is 9.99. The highest BCUT2D eigenvalue weighted by atomic mass is 16.5. The molecule has 2 aromatic rings. The quantitative estimate of drug-likeness (QED) is 0.926. The molecular weight excluding hydrogens is 254 g/mol. The summed E-state index contributed by atoms with van der Waals surface area (Å²) < 4.78 is 16.5. The van der Waals surface area contributed by atoms with E-state index in [2.05, 4.69) is 12.2 Å². The van der Waals surface area contributed by atoms with Gasteiger partial charge in [-0.2, -0.15) is 0 Å². The van der Waals surface area contributed by atoms with E-state index in [0.717, 1.165) is 35.9 Å². The fourth-order valence-electron chi connectivity index (χ4n) is 2.59. The number of rotatable bonds is 4. The summed E-state index contributed by atoms with van der Waals surface area (Å²) in [5.74, 6) is 2.73. The number of methoxy groups -OCH3 is 1. The van der Waals surface area contributed by atoms with E-state index >= 15 is 0 Å². The number of ether oxygens (including phenoxy) is 2. The highest BCUT2D eigenvalue weighted by Crippen LogP contribution is 2.36. The van der Waals surface area contributed by atoms with Gasteiger partial charge in [0.15, 0.2) is 0 Å². The van der Waals surface area contributed by atoms with Crippen LogP contribution in [-0.2, 0) is 0 Å². The fourth-order valence-corrected chi connectivity index (χ4v) is 2.59. The van der Waals surface area contributed by atoms with Gasteiger partial charge in [0, 0.05) is 18.0 Å². The van der Waals surface area contributed by atoms with Crippen LogP contribution in [0.2, 0.25) is 0 Å². The van der Waals surface area contributed by atoms with Gasteiger partial charge in [-0.1, -0.05) is 0 Å². The second-order valence-electron chi connectivity index (χ2n) is 5.00. The molecule has 0 fully saturated rings. The van der Waals surface area contributed by atoms with Crippen molar-refractivity contribution in [2.24, 2.45) is 0 Å². The van der Waals surface area contributed by atoms with Gasteiger partial charge in [0.25, 0.3) is 0 Å². The van der Waals surface area contributed by atoms with E-state index in [1.807, 2.05) is 30.3 Å². The van der Waals surface area contributed by atoms with Crippen molar-refractivity contribution < 1.29 is 13.9 Å². The molecule has 0 bridgehead atoms. The van der Waals surface area contributed by atoms with Crippen molar-refractivity contribution in [3.8, 4) is 11.5 Å². The van der Waals surface area contributed by atoms with Crippen molar-refractivity contribution in [3.05, 3.63) is 47.9 Å². The molecule has 1 unspecified atom stereocenters. The largest absolute Gasteiger partial charge is 0.497 e. The Morgan fingerprint density at radius 3 is 3.00 bits per heavy atom. The van der Waals surface area contributed by atoms with E-state index in [4.69, 9.17) is 13.9 Å². The van der Waals surface area contributed by atoms with Crippen LogP contribution in [0.4, 0.5) is 0 Å². The van der Waals surface area contributed by atoms with E-state index < -0.39 is 0 Å². The van der Waals surface area contributed by atoms with Crippen molar-refractivity contribution in [2.75, 3.05) is 13.7 Å². The molecule has 1 aliphatic rings.